The first kappa shape index (κ1) is 15.9. The van der Waals surface area contributed by atoms with Crippen LogP contribution in [0.1, 0.15) is 5.56 Å². The van der Waals surface area contributed by atoms with Crippen molar-refractivity contribution in [2.75, 3.05) is 5.32 Å². The molecule has 5 nitrogen and oxygen atoms in total. The molecule has 1 aromatic heterocycles. The SMILES string of the molecule is Oc1cc2c(Nc3ccccc3)ncnc2cc1OCc1ccccc1. The van der Waals surface area contributed by atoms with Crippen LogP contribution in [-0.2, 0) is 6.61 Å². The highest BCUT2D eigenvalue weighted by Gasteiger charge is 2.11. The third kappa shape index (κ3) is 3.42. The van der Waals surface area contributed by atoms with Gasteiger partial charge in [-0.05, 0) is 23.8 Å². The van der Waals surface area contributed by atoms with E-state index in [-0.39, 0.29) is 5.75 Å². The van der Waals surface area contributed by atoms with Crippen LogP contribution >= 0.6 is 0 Å². The fourth-order valence-electron chi connectivity index (χ4n) is 2.68. The summed E-state index contributed by atoms with van der Waals surface area (Å²) in [5.41, 5.74) is 2.64. The summed E-state index contributed by atoms with van der Waals surface area (Å²) < 4.78 is 5.76. The minimum absolute atomic E-state index is 0.0549. The largest absolute Gasteiger partial charge is 0.504 e. The molecule has 0 unspecified atom stereocenters. The molecule has 4 rings (SSSR count). The summed E-state index contributed by atoms with van der Waals surface area (Å²) in [5.74, 6) is 1.08. The third-order valence-electron chi connectivity index (χ3n) is 3.99. The summed E-state index contributed by atoms with van der Waals surface area (Å²) in [6.45, 7) is 0.375. The maximum atomic E-state index is 10.4. The van der Waals surface area contributed by atoms with Gasteiger partial charge in [0.25, 0.3) is 0 Å². The highest BCUT2D eigenvalue weighted by molar-refractivity contribution is 5.92. The molecule has 0 atom stereocenters. The van der Waals surface area contributed by atoms with Gasteiger partial charge in [-0.2, -0.15) is 0 Å². The highest BCUT2D eigenvalue weighted by Crippen LogP contribution is 2.34. The monoisotopic (exact) mass is 343 g/mol. The lowest BCUT2D eigenvalue weighted by molar-refractivity contribution is 0.289. The van der Waals surface area contributed by atoms with Gasteiger partial charge in [0.15, 0.2) is 11.5 Å². The number of nitrogens with one attached hydrogen (secondary N) is 1. The molecule has 128 valence electrons. The van der Waals surface area contributed by atoms with Crippen LogP contribution in [0.5, 0.6) is 11.5 Å². The van der Waals surface area contributed by atoms with Crippen LogP contribution in [0.3, 0.4) is 0 Å². The van der Waals surface area contributed by atoms with Gasteiger partial charge >= 0.3 is 0 Å². The fraction of sp³-hybridized carbons (Fsp3) is 0.0476. The highest BCUT2D eigenvalue weighted by atomic mass is 16.5. The molecule has 0 aliphatic rings. The molecule has 0 fully saturated rings. The molecule has 0 bridgehead atoms. The zero-order valence-corrected chi connectivity index (χ0v) is 14.0. The van der Waals surface area contributed by atoms with E-state index in [9.17, 15) is 5.11 Å². The van der Waals surface area contributed by atoms with Crippen LogP contribution in [0, 0.1) is 0 Å². The maximum Gasteiger partial charge on any atom is 0.163 e. The topological polar surface area (TPSA) is 67.3 Å². The lowest BCUT2D eigenvalue weighted by Gasteiger charge is -2.12. The van der Waals surface area contributed by atoms with Crippen molar-refractivity contribution >= 4 is 22.4 Å². The Hall–Kier alpha value is -3.60. The number of nitrogens with zero attached hydrogens (tertiary/aromatic N) is 2. The number of aromatic nitrogens is 2. The van der Waals surface area contributed by atoms with E-state index in [1.54, 1.807) is 12.1 Å². The van der Waals surface area contributed by atoms with Gasteiger partial charge < -0.3 is 15.2 Å². The molecule has 5 heteroatoms. The van der Waals surface area contributed by atoms with Gasteiger partial charge in [0, 0.05) is 17.1 Å². The fourth-order valence-corrected chi connectivity index (χ4v) is 2.68. The van der Waals surface area contributed by atoms with Crippen molar-refractivity contribution in [1.82, 2.24) is 9.97 Å². The molecular formula is C21H17N3O2. The summed E-state index contributed by atoms with van der Waals surface area (Å²) in [5, 5.41) is 14.3. The van der Waals surface area contributed by atoms with Gasteiger partial charge in [-0.1, -0.05) is 48.5 Å². The van der Waals surface area contributed by atoms with E-state index in [0.717, 1.165) is 16.6 Å². The Kier molecular flexibility index (Phi) is 4.35. The summed E-state index contributed by atoms with van der Waals surface area (Å²) in [6.07, 6.45) is 1.49. The summed E-state index contributed by atoms with van der Waals surface area (Å²) in [4.78, 5) is 8.59. The minimum atomic E-state index is 0.0549. The number of para-hydroxylation sites is 1. The van der Waals surface area contributed by atoms with Gasteiger partial charge in [-0.3, -0.25) is 0 Å². The third-order valence-corrected chi connectivity index (χ3v) is 3.99. The van der Waals surface area contributed by atoms with Crippen molar-refractivity contribution in [3.8, 4) is 11.5 Å². The number of hydrogen-bond donors (Lipinski definition) is 2. The van der Waals surface area contributed by atoms with E-state index >= 15 is 0 Å². The molecule has 0 amide bonds. The second kappa shape index (κ2) is 7.11. The molecule has 1 heterocycles. The molecular weight excluding hydrogens is 326 g/mol. The first-order valence-electron chi connectivity index (χ1n) is 8.26. The molecule has 0 saturated heterocycles. The van der Waals surface area contributed by atoms with E-state index in [1.165, 1.54) is 6.33 Å². The van der Waals surface area contributed by atoms with Gasteiger partial charge in [0.05, 0.1) is 5.52 Å². The second-order valence-electron chi connectivity index (χ2n) is 5.82. The zero-order chi connectivity index (χ0) is 17.8. The molecule has 0 aliphatic carbocycles. The molecule has 0 spiro atoms. The number of rotatable bonds is 5. The summed E-state index contributed by atoms with van der Waals surface area (Å²) in [7, 11) is 0. The number of aromatic hydroxyl groups is 1. The Morgan fingerprint density at radius 2 is 1.62 bits per heavy atom. The average molecular weight is 343 g/mol. The predicted molar refractivity (Wildman–Crippen MR) is 102 cm³/mol. The van der Waals surface area contributed by atoms with E-state index in [1.807, 2.05) is 60.7 Å². The normalized spacial score (nSPS) is 10.6. The lowest BCUT2D eigenvalue weighted by Crippen LogP contribution is -1.98. The predicted octanol–water partition coefficient (Wildman–Crippen LogP) is 4.66. The van der Waals surface area contributed by atoms with Crippen molar-refractivity contribution in [2.24, 2.45) is 0 Å². The van der Waals surface area contributed by atoms with E-state index in [4.69, 9.17) is 4.74 Å². The van der Waals surface area contributed by atoms with E-state index < -0.39 is 0 Å². The molecule has 4 aromatic rings. The molecule has 0 aliphatic heterocycles. The van der Waals surface area contributed by atoms with Crippen LogP contribution in [0.2, 0.25) is 0 Å². The van der Waals surface area contributed by atoms with Crippen LogP contribution in [-0.4, -0.2) is 15.1 Å². The van der Waals surface area contributed by atoms with Crippen LogP contribution in [0.15, 0.2) is 79.1 Å². The number of fused-ring (bicyclic) bond motifs is 1. The van der Waals surface area contributed by atoms with Crippen molar-refractivity contribution in [2.45, 2.75) is 6.61 Å². The quantitative estimate of drug-likeness (QED) is 0.552. The molecule has 26 heavy (non-hydrogen) atoms. The average Bonchev–Trinajstić information content (AvgIpc) is 2.69. The lowest BCUT2D eigenvalue weighted by atomic mass is 10.2. The van der Waals surface area contributed by atoms with E-state index in [2.05, 4.69) is 15.3 Å². The van der Waals surface area contributed by atoms with Crippen molar-refractivity contribution < 1.29 is 9.84 Å². The van der Waals surface area contributed by atoms with Gasteiger partial charge in [-0.25, -0.2) is 9.97 Å². The maximum absolute atomic E-state index is 10.4. The number of hydrogen-bond acceptors (Lipinski definition) is 5. The van der Waals surface area contributed by atoms with Crippen LogP contribution < -0.4 is 10.1 Å². The summed E-state index contributed by atoms with van der Waals surface area (Å²) in [6, 6.07) is 22.9. The number of anilines is 2. The number of benzene rings is 3. The Morgan fingerprint density at radius 3 is 2.38 bits per heavy atom. The van der Waals surface area contributed by atoms with Crippen molar-refractivity contribution in [3.63, 3.8) is 0 Å². The smallest absolute Gasteiger partial charge is 0.163 e. The number of phenolic OH excluding ortho intramolecular Hbond substituents is 1. The van der Waals surface area contributed by atoms with Crippen molar-refractivity contribution in [1.29, 1.82) is 0 Å². The Balaban J connectivity index is 1.63. The molecule has 2 N–H and O–H groups in total. The second-order valence-corrected chi connectivity index (χ2v) is 5.82. The first-order chi connectivity index (χ1) is 12.8. The van der Waals surface area contributed by atoms with Crippen molar-refractivity contribution in [3.05, 3.63) is 84.7 Å². The first-order valence-corrected chi connectivity index (χ1v) is 8.26. The molecule has 3 aromatic carbocycles. The minimum Gasteiger partial charge on any atom is -0.504 e. The number of ether oxygens (including phenoxy) is 1. The summed E-state index contributed by atoms with van der Waals surface area (Å²) >= 11 is 0. The Bertz CT molecular complexity index is 1020. The van der Waals surface area contributed by atoms with Gasteiger partial charge in [0.1, 0.15) is 18.8 Å². The molecule has 0 saturated carbocycles. The van der Waals surface area contributed by atoms with Gasteiger partial charge in [-0.15, -0.1) is 0 Å². The van der Waals surface area contributed by atoms with Crippen LogP contribution in [0.4, 0.5) is 11.5 Å². The van der Waals surface area contributed by atoms with Gasteiger partial charge in [0.2, 0.25) is 0 Å². The Morgan fingerprint density at radius 1 is 0.885 bits per heavy atom. The van der Waals surface area contributed by atoms with Crippen LogP contribution in [0.25, 0.3) is 10.9 Å². The van der Waals surface area contributed by atoms with E-state index in [0.29, 0.717) is 23.7 Å². The Labute approximate surface area is 150 Å². The standard InChI is InChI=1S/C21H17N3O2/c25-19-11-17-18(12-20(19)26-13-15-7-3-1-4-8-15)22-14-23-21(17)24-16-9-5-2-6-10-16/h1-12,14,25H,13H2,(H,22,23,24). The number of phenols is 1. The molecule has 0 radical (unpaired) electrons. The zero-order valence-electron chi connectivity index (χ0n) is 14.0.